The highest BCUT2D eigenvalue weighted by Gasteiger charge is 2.23. The number of halogens is 1. The van der Waals surface area contributed by atoms with Crippen molar-refractivity contribution < 1.29 is 8.42 Å². The molecule has 0 heterocycles. The van der Waals surface area contributed by atoms with Crippen molar-refractivity contribution in [1.29, 1.82) is 0 Å². The van der Waals surface area contributed by atoms with E-state index in [1.807, 2.05) is 24.3 Å². The maximum atomic E-state index is 12.5. The second kappa shape index (κ2) is 8.62. The molecule has 1 atom stereocenters. The first-order valence-electron chi connectivity index (χ1n) is 8.02. The maximum Gasteiger partial charge on any atom is 0.240 e. The summed E-state index contributed by atoms with van der Waals surface area (Å²) < 4.78 is 27.7. The number of benzene rings is 2. The van der Waals surface area contributed by atoms with E-state index in [0.717, 1.165) is 18.7 Å². The molecule has 2 rings (SSSR count). The van der Waals surface area contributed by atoms with Gasteiger partial charge in [-0.05, 0) is 36.9 Å². The second-order valence-electron chi connectivity index (χ2n) is 5.42. The van der Waals surface area contributed by atoms with E-state index in [0.29, 0.717) is 5.02 Å². The van der Waals surface area contributed by atoms with Crippen LogP contribution in [-0.4, -0.2) is 33.0 Å². The van der Waals surface area contributed by atoms with E-state index in [4.69, 9.17) is 11.6 Å². The van der Waals surface area contributed by atoms with Gasteiger partial charge in [0.05, 0.1) is 4.90 Å². The van der Waals surface area contributed by atoms with Crippen LogP contribution in [0.25, 0.3) is 0 Å². The molecular weight excluding hydrogens is 344 g/mol. The molecule has 0 spiro atoms. The van der Waals surface area contributed by atoms with Crippen molar-refractivity contribution in [1.82, 2.24) is 9.62 Å². The van der Waals surface area contributed by atoms with Gasteiger partial charge < -0.3 is 0 Å². The molecule has 4 nitrogen and oxygen atoms in total. The smallest absolute Gasteiger partial charge is 0.240 e. The molecule has 1 N–H and O–H groups in total. The lowest BCUT2D eigenvalue weighted by Gasteiger charge is -2.30. The zero-order valence-electron chi connectivity index (χ0n) is 13.9. The molecule has 0 radical (unpaired) electrons. The number of nitrogens with zero attached hydrogens (tertiary/aromatic N) is 1. The van der Waals surface area contributed by atoms with Gasteiger partial charge in [-0.1, -0.05) is 61.8 Å². The molecule has 0 saturated carbocycles. The van der Waals surface area contributed by atoms with E-state index < -0.39 is 10.0 Å². The monoisotopic (exact) mass is 366 g/mol. The minimum Gasteiger partial charge on any atom is -0.296 e. The summed E-state index contributed by atoms with van der Waals surface area (Å²) in [4.78, 5) is 2.46. The van der Waals surface area contributed by atoms with Crippen LogP contribution in [0.5, 0.6) is 0 Å². The Morgan fingerprint density at radius 1 is 1.00 bits per heavy atom. The van der Waals surface area contributed by atoms with Gasteiger partial charge >= 0.3 is 0 Å². The summed E-state index contributed by atoms with van der Waals surface area (Å²) in [7, 11) is -3.55. The van der Waals surface area contributed by atoms with Crippen molar-refractivity contribution in [3.8, 4) is 0 Å². The first-order chi connectivity index (χ1) is 11.5. The number of nitrogens with one attached hydrogen (secondary N) is 1. The molecule has 0 bridgehead atoms. The minimum atomic E-state index is -3.55. The molecule has 130 valence electrons. The number of hydrogen-bond acceptors (Lipinski definition) is 3. The van der Waals surface area contributed by atoms with Crippen LogP contribution >= 0.6 is 11.6 Å². The Balaban J connectivity index is 2.25. The van der Waals surface area contributed by atoms with Crippen LogP contribution < -0.4 is 4.72 Å². The molecule has 0 saturated heterocycles. The van der Waals surface area contributed by atoms with E-state index in [2.05, 4.69) is 23.5 Å². The minimum absolute atomic E-state index is 0.118. The van der Waals surface area contributed by atoms with Gasteiger partial charge in [0.15, 0.2) is 0 Å². The van der Waals surface area contributed by atoms with Crippen LogP contribution in [0.1, 0.15) is 25.5 Å². The highest BCUT2D eigenvalue weighted by atomic mass is 35.5. The Morgan fingerprint density at radius 3 is 2.17 bits per heavy atom. The third kappa shape index (κ3) is 4.57. The molecule has 0 aliphatic rings. The zero-order valence-corrected chi connectivity index (χ0v) is 15.5. The van der Waals surface area contributed by atoms with E-state index in [1.54, 1.807) is 30.3 Å². The number of sulfonamides is 1. The normalized spacial score (nSPS) is 13.2. The summed E-state index contributed by atoms with van der Waals surface area (Å²) in [6, 6.07) is 15.8. The predicted molar refractivity (Wildman–Crippen MR) is 98.7 cm³/mol. The van der Waals surface area contributed by atoms with Gasteiger partial charge in [-0.2, -0.15) is 0 Å². The van der Waals surface area contributed by atoms with Gasteiger partial charge in [-0.25, -0.2) is 13.1 Å². The Hall–Kier alpha value is -1.40. The summed E-state index contributed by atoms with van der Waals surface area (Å²) in [5, 5.41) is 0.647. The van der Waals surface area contributed by atoms with E-state index in [1.165, 1.54) is 0 Å². The molecule has 2 aromatic carbocycles. The molecule has 6 heteroatoms. The third-order valence-electron chi connectivity index (χ3n) is 4.04. The molecule has 24 heavy (non-hydrogen) atoms. The SMILES string of the molecule is CCN(CC)[C@H](CNS(=O)(=O)c1ccccc1)c1ccccc1Cl. The highest BCUT2D eigenvalue weighted by Crippen LogP contribution is 2.27. The van der Waals surface area contributed by atoms with Gasteiger partial charge in [0, 0.05) is 17.6 Å². The van der Waals surface area contributed by atoms with Crippen LogP contribution in [0.15, 0.2) is 59.5 Å². The van der Waals surface area contributed by atoms with E-state index >= 15 is 0 Å². The number of hydrogen-bond donors (Lipinski definition) is 1. The van der Waals surface area contributed by atoms with Gasteiger partial charge in [0.2, 0.25) is 10.0 Å². The van der Waals surface area contributed by atoms with Crippen molar-refractivity contribution >= 4 is 21.6 Å². The van der Waals surface area contributed by atoms with Crippen LogP contribution in [0, 0.1) is 0 Å². The molecule has 2 aromatic rings. The first-order valence-corrected chi connectivity index (χ1v) is 9.89. The van der Waals surface area contributed by atoms with E-state index in [9.17, 15) is 8.42 Å². The van der Waals surface area contributed by atoms with Crippen LogP contribution in [0.2, 0.25) is 5.02 Å². The molecule has 0 unspecified atom stereocenters. The summed E-state index contributed by atoms with van der Waals surface area (Å²) in [5.41, 5.74) is 0.929. The summed E-state index contributed by atoms with van der Waals surface area (Å²) in [5.74, 6) is 0. The van der Waals surface area contributed by atoms with Crippen molar-refractivity contribution in [2.45, 2.75) is 24.8 Å². The quantitative estimate of drug-likeness (QED) is 0.774. The number of likely N-dealkylation sites (N-methyl/N-ethyl adjacent to an activating group) is 1. The van der Waals surface area contributed by atoms with Crippen LogP contribution in [-0.2, 0) is 10.0 Å². The fourth-order valence-corrected chi connectivity index (χ4v) is 4.04. The first kappa shape index (κ1) is 18.9. The Morgan fingerprint density at radius 2 is 1.58 bits per heavy atom. The standard InChI is InChI=1S/C18H23ClN2O2S/c1-3-21(4-2)18(16-12-8-9-13-17(16)19)14-20-24(22,23)15-10-6-5-7-11-15/h5-13,18,20H,3-4,14H2,1-2H3/t18-/m1/s1. The Labute approximate surface area is 149 Å². The topological polar surface area (TPSA) is 49.4 Å². The fraction of sp³-hybridized carbons (Fsp3) is 0.333. The highest BCUT2D eigenvalue weighted by molar-refractivity contribution is 7.89. The lowest BCUT2D eigenvalue weighted by molar-refractivity contribution is 0.220. The largest absolute Gasteiger partial charge is 0.296 e. The second-order valence-corrected chi connectivity index (χ2v) is 7.60. The van der Waals surface area contributed by atoms with Gasteiger partial charge in [-0.15, -0.1) is 0 Å². The molecule has 0 aromatic heterocycles. The Bertz CT molecular complexity index is 747. The fourth-order valence-electron chi connectivity index (χ4n) is 2.72. The average Bonchev–Trinajstić information content (AvgIpc) is 2.60. The molecule has 0 aliphatic carbocycles. The summed E-state index contributed by atoms with van der Waals surface area (Å²) in [6.45, 7) is 5.99. The van der Waals surface area contributed by atoms with E-state index in [-0.39, 0.29) is 17.5 Å². The maximum absolute atomic E-state index is 12.5. The molecule has 0 aliphatic heterocycles. The van der Waals surface area contributed by atoms with Gasteiger partial charge in [0.25, 0.3) is 0 Å². The van der Waals surface area contributed by atoms with Gasteiger partial charge in [0.1, 0.15) is 0 Å². The van der Waals surface area contributed by atoms with Crippen molar-refractivity contribution in [3.63, 3.8) is 0 Å². The molecule has 0 amide bonds. The Kier molecular flexibility index (Phi) is 6.80. The van der Waals surface area contributed by atoms with Crippen molar-refractivity contribution in [2.24, 2.45) is 0 Å². The summed E-state index contributed by atoms with van der Waals surface area (Å²) in [6.07, 6.45) is 0. The van der Waals surface area contributed by atoms with Crippen molar-refractivity contribution in [2.75, 3.05) is 19.6 Å². The zero-order chi connectivity index (χ0) is 17.6. The third-order valence-corrected chi connectivity index (χ3v) is 5.82. The molecular formula is C18H23ClN2O2S. The van der Waals surface area contributed by atoms with Gasteiger partial charge in [-0.3, -0.25) is 4.90 Å². The molecule has 0 fully saturated rings. The van der Waals surface area contributed by atoms with Crippen LogP contribution in [0.4, 0.5) is 0 Å². The number of rotatable bonds is 8. The lowest BCUT2D eigenvalue weighted by atomic mass is 10.1. The summed E-state index contributed by atoms with van der Waals surface area (Å²) >= 11 is 6.34. The van der Waals surface area contributed by atoms with Crippen LogP contribution in [0.3, 0.4) is 0 Å². The average molecular weight is 367 g/mol. The van der Waals surface area contributed by atoms with Crippen molar-refractivity contribution in [3.05, 3.63) is 65.2 Å². The lowest BCUT2D eigenvalue weighted by Crippen LogP contribution is -2.38. The predicted octanol–water partition coefficient (Wildman–Crippen LogP) is 3.70.